The zero-order valence-electron chi connectivity index (χ0n) is 7.41. The number of rotatable bonds is 3. The molecule has 0 aliphatic heterocycles. The summed E-state index contributed by atoms with van der Waals surface area (Å²) in [6.07, 6.45) is 0. The van der Waals surface area contributed by atoms with Crippen molar-refractivity contribution in [1.82, 2.24) is 4.72 Å². The van der Waals surface area contributed by atoms with Crippen molar-refractivity contribution in [3.05, 3.63) is 28.7 Å². The van der Waals surface area contributed by atoms with Gasteiger partial charge in [0.1, 0.15) is 5.88 Å². The molecule has 1 rings (SSSR count). The first kappa shape index (κ1) is 12.5. The van der Waals surface area contributed by atoms with E-state index in [1.54, 1.807) is 12.1 Å². The fourth-order valence-corrected chi connectivity index (χ4v) is 2.24. The Morgan fingerprint density at radius 3 is 2.33 bits per heavy atom. The van der Waals surface area contributed by atoms with Gasteiger partial charge in [-0.3, -0.25) is 4.79 Å². The molecule has 0 fully saturated rings. The van der Waals surface area contributed by atoms with Gasteiger partial charge in [-0.25, -0.2) is 13.1 Å². The Morgan fingerprint density at radius 1 is 1.33 bits per heavy atom. The zero-order valence-corrected chi connectivity index (χ0v) is 10.6. The lowest BCUT2D eigenvalue weighted by atomic mass is 10.4. The number of alkyl halides is 1. The minimum absolute atomic E-state index is 0.0177. The maximum atomic E-state index is 11.5. The topological polar surface area (TPSA) is 63.2 Å². The molecule has 0 saturated heterocycles. The highest BCUT2D eigenvalue weighted by Crippen LogP contribution is 2.14. The summed E-state index contributed by atoms with van der Waals surface area (Å²) < 4.78 is 25.6. The number of nitrogens with one attached hydrogen (secondary N) is 1. The SMILES string of the molecule is O=C(CCl)NS(=O)(=O)c1ccc(Br)cc1. The van der Waals surface area contributed by atoms with Gasteiger partial charge < -0.3 is 0 Å². The van der Waals surface area contributed by atoms with Gasteiger partial charge in [0.05, 0.1) is 4.90 Å². The molecule has 1 amide bonds. The monoisotopic (exact) mass is 311 g/mol. The number of amides is 1. The smallest absolute Gasteiger partial charge is 0.264 e. The van der Waals surface area contributed by atoms with Crippen LogP contribution >= 0.6 is 27.5 Å². The molecule has 0 atom stereocenters. The molecule has 0 aliphatic carbocycles. The number of benzene rings is 1. The van der Waals surface area contributed by atoms with Gasteiger partial charge in [-0.05, 0) is 24.3 Å². The van der Waals surface area contributed by atoms with Crippen LogP contribution in [0, 0.1) is 0 Å². The average Bonchev–Trinajstić information content (AvgIpc) is 2.17. The van der Waals surface area contributed by atoms with E-state index in [4.69, 9.17) is 11.6 Å². The fraction of sp³-hybridized carbons (Fsp3) is 0.125. The summed E-state index contributed by atoms with van der Waals surface area (Å²) in [5.74, 6) is -1.14. The van der Waals surface area contributed by atoms with Crippen molar-refractivity contribution in [1.29, 1.82) is 0 Å². The molecule has 0 aliphatic rings. The van der Waals surface area contributed by atoms with Crippen molar-refractivity contribution >= 4 is 43.5 Å². The van der Waals surface area contributed by atoms with E-state index in [2.05, 4.69) is 15.9 Å². The summed E-state index contributed by atoms with van der Waals surface area (Å²) in [7, 11) is -3.79. The summed E-state index contributed by atoms with van der Waals surface area (Å²) in [6.45, 7) is 0. The van der Waals surface area contributed by atoms with Gasteiger partial charge in [-0.1, -0.05) is 15.9 Å². The Balaban J connectivity index is 2.96. The fourth-order valence-electron chi connectivity index (χ4n) is 0.850. The van der Waals surface area contributed by atoms with Crippen molar-refractivity contribution in [2.45, 2.75) is 4.90 Å². The van der Waals surface area contributed by atoms with Crippen molar-refractivity contribution in [3.63, 3.8) is 0 Å². The highest BCUT2D eigenvalue weighted by atomic mass is 79.9. The number of carbonyl (C=O) groups is 1. The first-order valence-corrected chi connectivity index (χ1v) is 6.64. The van der Waals surface area contributed by atoms with Crippen LogP contribution in [0.15, 0.2) is 33.6 Å². The maximum Gasteiger partial charge on any atom is 0.264 e. The molecule has 7 heteroatoms. The predicted octanol–water partition coefficient (Wildman–Crippen LogP) is 1.49. The van der Waals surface area contributed by atoms with Crippen molar-refractivity contribution in [2.75, 3.05) is 5.88 Å². The first-order valence-electron chi connectivity index (χ1n) is 3.83. The largest absolute Gasteiger partial charge is 0.273 e. The molecule has 1 aromatic carbocycles. The van der Waals surface area contributed by atoms with E-state index in [1.165, 1.54) is 12.1 Å². The Hall–Kier alpha value is -0.590. The Morgan fingerprint density at radius 2 is 1.87 bits per heavy atom. The molecule has 0 unspecified atom stereocenters. The van der Waals surface area contributed by atoms with E-state index >= 15 is 0 Å². The quantitative estimate of drug-likeness (QED) is 0.860. The van der Waals surface area contributed by atoms with Gasteiger partial charge in [0, 0.05) is 4.47 Å². The normalized spacial score (nSPS) is 11.1. The lowest BCUT2D eigenvalue weighted by Gasteiger charge is -2.04. The molecular formula is C8H7BrClNO3S. The summed E-state index contributed by atoms with van der Waals surface area (Å²) >= 11 is 8.36. The minimum atomic E-state index is -3.79. The Kier molecular flexibility index (Phi) is 4.12. The second-order valence-electron chi connectivity index (χ2n) is 2.62. The van der Waals surface area contributed by atoms with Gasteiger partial charge in [-0.15, -0.1) is 11.6 Å². The third-order valence-electron chi connectivity index (χ3n) is 1.49. The molecule has 15 heavy (non-hydrogen) atoms. The average molecular weight is 313 g/mol. The molecule has 4 nitrogen and oxygen atoms in total. The van der Waals surface area contributed by atoms with Crippen LogP contribution in [0.1, 0.15) is 0 Å². The second-order valence-corrected chi connectivity index (χ2v) is 5.48. The molecule has 0 spiro atoms. The van der Waals surface area contributed by atoms with Crippen molar-refractivity contribution in [2.24, 2.45) is 0 Å². The number of carbonyl (C=O) groups excluding carboxylic acids is 1. The Bertz CT molecular complexity index is 457. The second kappa shape index (κ2) is 4.96. The van der Waals surface area contributed by atoms with E-state index in [0.717, 1.165) is 4.47 Å². The maximum absolute atomic E-state index is 11.5. The highest BCUT2D eigenvalue weighted by molar-refractivity contribution is 9.10. The lowest BCUT2D eigenvalue weighted by molar-refractivity contribution is -0.116. The summed E-state index contributed by atoms with van der Waals surface area (Å²) in [5, 5.41) is 0. The summed E-state index contributed by atoms with van der Waals surface area (Å²) in [5.41, 5.74) is 0. The number of hydrogen-bond donors (Lipinski definition) is 1. The molecular weight excluding hydrogens is 306 g/mol. The molecule has 1 aromatic rings. The number of hydrogen-bond acceptors (Lipinski definition) is 3. The van der Waals surface area contributed by atoms with Crippen LogP contribution < -0.4 is 4.72 Å². The van der Waals surface area contributed by atoms with Crippen LogP contribution in [0.5, 0.6) is 0 Å². The standard InChI is InChI=1S/C8H7BrClNO3S/c9-6-1-3-7(4-2-6)15(13,14)11-8(12)5-10/h1-4H,5H2,(H,11,12). The molecule has 0 aromatic heterocycles. The third kappa shape index (κ3) is 3.48. The summed E-state index contributed by atoms with van der Waals surface area (Å²) in [4.78, 5) is 10.9. The van der Waals surface area contributed by atoms with E-state index < -0.39 is 21.8 Å². The van der Waals surface area contributed by atoms with Gasteiger partial charge in [-0.2, -0.15) is 0 Å². The zero-order chi connectivity index (χ0) is 11.5. The van der Waals surface area contributed by atoms with Crippen LogP contribution in [0.3, 0.4) is 0 Å². The van der Waals surface area contributed by atoms with Gasteiger partial charge >= 0.3 is 0 Å². The molecule has 82 valence electrons. The molecule has 0 saturated carbocycles. The van der Waals surface area contributed by atoms with Crippen LogP contribution in [0.4, 0.5) is 0 Å². The number of sulfonamides is 1. The predicted molar refractivity (Wildman–Crippen MR) is 60.2 cm³/mol. The van der Waals surface area contributed by atoms with Crippen molar-refractivity contribution in [3.8, 4) is 0 Å². The third-order valence-corrected chi connectivity index (χ3v) is 3.65. The lowest BCUT2D eigenvalue weighted by Crippen LogP contribution is -2.31. The number of halogens is 2. The van der Waals surface area contributed by atoms with E-state index in [9.17, 15) is 13.2 Å². The van der Waals surface area contributed by atoms with Crippen LogP contribution in [0.25, 0.3) is 0 Å². The Labute approximate surface area is 101 Å². The van der Waals surface area contributed by atoms with Gasteiger partial charge in [0.2, 0.25) is 5.91 Å². The minimum Gasteiger partial charge on any atom is -0.273 e. The molecule has 0 radical (unpaired) electrons. The summed E-state index contributed by atoms with van der Waals surface area (Å²) in [6, 6.07) is 5.90. The molecule has 0 bridgehead atoms. The molecule has 1 N–H and O–H groups in total. The van der Waals surface area contributed by atoms with E-state index in [-0.39, 0.29) is 4.90 Å². The van der Waals surface area contributed by atoms with E-state index in [0.29, 0.717) is 0 Å². The van der Waals surface area contributed by atoms with E-state index in [1.807, 2.05) is 4.72 Å². The first-order chi connectivity index (χ1) is 6.95. The van der Waals surface area contributed by atoms with Crippen LogP contribution in [-0.4, -0.2) is 20.2 Å². The van der Waals surface area contributed by atoms with Crippen molar-refractivity contribution < 1.29 is 13.2 Å². The molecule has 0 heterocycles. The van der Waals surface area contributed by atoms with Gasteiger partial charge in [0.15, 0.2) is 0 Å². The van der Waals surface area contributed by atoms with Crippen LogP contribution in [-0.2, 0) is 14.8 Å². The highest BCUT2D eigenvalue weighted by Gasteiger charge is 2.16. The van der Waals surface area contributed by atoms with Crippen LogP contribution in [0.2, 0.25) is 0 Å². The van der Waals surface area contributed by atoms with Gasteiger partial charge in [0.25, 0.3) is 10.0 Å².